The number of carbonyl (C=O) groups is 1. The molecule has 140 valence electrons. The van der Waals surface area contributed by atoms with Crippen LogP contribution in [0.1, 0.15) is 23.3 Å². The largest absolute Gasteiger partial charge is 0.496 e. The van der Waals surface area contributed by atoms with Crippen LogP contribution in [0.4, 0.5) is 0 Å². The molecule has 4 atom stereocenters. The second-order valence-electron chi connectivity index (χ2n) is 7.64. The molecule has 0 spiro atoms. The molecule has 4 nitrogen and oxygen atoms in total. The van der Waals surface area contributed by atoms with Crippen LogP contribution >= 0.6 is 11.3 Å². The van der Waals surface area contributed by atoms with Crippen LogP contribution in [0, 0.1) is 11.8 Å². The number of ketones is 1. The molecule has 2 fully saturated rings. The third-order valence-electron chi connectivity index (χ3n) is 5.99. The van der Waals surface area contributed by atoms with Crippen molar-refractivity contribution in [1.82, 2.24) is 4.90 Å². The molecule has 0 N–H and O–H groups in total. The first-order valence-corrected chi connectivity index (χ1v) is 10.5. The maximum Gasteiger partial charge on any atom is 0.173 e. The van der Waals surface area contributed by atoms with E-state index in [4.69, 9.17) is 9.47 Å². The fourth-order valence-corrected chi connectivity index (χ4v) is 5.40. The van der Waals surface area contributed by atoms with Gasteiger partial charge in [-0.25, -0.2) is 0 Å². The second kappa shape index (κ2) is 7.23. The lowest BCUT2D eigenvalue weighted by molar-refractivity contribution is -0.171. The summed E-state index contributed by atoms with van der Waals surface area (Å²) in [7, 11) is 0. The summed E-state index contributed by atoms with van der Waals surface area (Å²) in [6, 6.07) is 14.1. The maximum atomic E-state index is 13.2. The highest BCUT2D eigenvalue weighted by atomic mass is 32.1. The fraction of sp³-hybridized carbons (Fsp3) is 0.409. The van der Waals surface area contributed by atoms with Crippen LogP contribution in [0.25, 0.3) is 5.57 Å². The van der Waals surface area contributed by atoms with E-state index in [-0.39, 0.29) is 29.8 Å². The Morgan fingerprint density at radius 1 is 1.11 bits per heavy atom. The van der Waals surface area contributed by atoms with Gasteiger partial charge in [0.1, 0.15) is 6.10 Å². The van der Waals surface area contributed by atoms with Crippen molar-refractivity contribution in [2.75, 3.05) is 13.3 Å². The lowest BCUT2D eigenvalue weighted by Crippen LogP contribution is -2.56. The van der Waals surface area contributed by atoms with E-state index in [2.05, 4.69) is 22.4 Å². The van der Waals surface area contributed by atoms with Gasteiger partial charge in [-0.15, -0.1) is 11.3 Å². The Balaban J connectivity index is 1.35. The Labute approximate surface area is 163 Å². The van der Waals surface area contributed by atoms with Crippen molar-refractivity contribution in [1.29, 1.82) is 0 Å². The average Bonchev–Trinajstić information content (AvgIpc) is 3.22. The second-order valence-corrected chi connectivity index (χ2v) is 8.67. The molecular weight excluding hydrogens is 358 g/mol. The average molecular weight is 381 g/mol. The molecule has 4 unspecified atom stereocenters. The van der Waals surface area contributed by atoms with Crippen molar-refractivity contribution in [2.45, 2.75) is 31.6 Å². The molecule has 2 aromatic rings. The molecule has 1 saturated heterocycles. The molecule has 0 radical (unpaired) electrons. The first-order chi connectivity index (χ1) is 13.3. The van der Waals surface area contributed by atoms with Crippen molar-refractivity contribution in [2.24, 2.45) is 11.8 Å². The highest BCUT2D eigenvalue weighted by Gasteiger charge is 2.48. The third-order valence-corrected chi connectivity index (χ3v) is 6.85. The molecule has 5 rings (SSSR count). The Morgan fingerprint density at radius 3 is 2.81 bits per heavy atom. The Morgan fingerprint density at radius 2 is 2.00 bits per heavy atom. The third kappa shape index (κ3) is 3.24. The van der Waals surface area contributed by atoms with Gasteiger partial charge in [0.25, 0.3) is 0 Å². The molecule has 3 heterocycles. The normalized spacial score (nSPS) is 30.8. The van der Waals surface area contributed by atoms with E-state index in [1.165, 1.54) is 4.88 Å². The molecule has 0 bridgehead atoms. The van der Waals surface area contributed by atoms with Gasteiger partial charge in [0, 0.05) is 23.9 Å². The minimum Gasteiger partial charge on any atom is -0.496 e. The van der Waals surface area contributed by atoms with E-state index >= 15 is 0 Å². The quantitative estimate of drug-likeness (QED) is 0.807. The number of hydrogen-bond acceptors (Lipinski definition) is 5. The van der Waals surface area contributed by atoms with E-state index in [1.54, 1.807) is 17.6 Å². The number of rotatable bonds is 3. The first-order valence-electron chi connectivity index (χ1n) is 9.61. The highest BCUT2D eigenvalue weighted by Crippen LogP contribution is 2.42. The van der Waals surface area contributed by atoms with Gasteiger partial charge in [-0.2, -0.15) is 0 Å². The summed E-state index contributed by atoms with van der Waals surface area (Å²) in [6.07, 6.45) is 3.61. The summed E-state index contributed by atoms with van der Waals surface area (Å²) in [6.45, 7) is 2.48. The van der Waals surface area contributed by atoms with Crippen LogP contribution in [-0.2, 0) is 20.8 Å². The van der Waals surface area contributed by atoms with Crippen LogP contribution < -0.4 is 0 Å². The first kappa shape index (κ1) is 17.2. The van der Waals surface area contributed by atoms with Gasteiger partial charge in [-0.3, -0.25) is 9.69 Å². The Bertz CT molecular complexity index is 833. The molecule has 1 aromatic carbocycles. The summed E-state index contributed by atoms with van der Waals surface area (Å²) in [4.78, 5) is 16.8. The Kier molecular flexibility index (Phi) is 4.60. The van der Waals surface area contributed by atoms with Crippen LogP contribution in [0.15, 0.2) is 54.1 Å². The highest BCUT2D eigenvalue weighted by molar-refractivity contribution is 7.09. The lowest BCUT2D eigenvalue weighted by atomic mass is 9.71. The van der Waals surface area contributed by atoms with Gasteiger partial charge >= 0.3 is 0 Å². The topological polar surface area (TPSA) is 38.8 Å². The van der Waals surface area contributed by atoms with Gasteiger partial charge in [-0.05, 0) is 29.9 Å². The van der Waals surface area contributed by atoms with Crippen molar-refractivity contribution in [3.8, 4) is 0 Å². The SMILES string of the molecule is O=C1C(c2ccccc2)=COC2C1CCC1OCN(Cc3cccs3)CC12. The minimum absolute atomic E-state index is 0.0586. The van der Waals surface area contributed by atoms with Gasteiger partial charge in [-0.1, -0.05) is 36.4 Å². The number of Topliss-reactive ketones (excluding diaryl/α,β-unsaturated/α-hetero) is 1. The molecule has 1 aromatic heterocycles. The molecule has 5 heteroatoms. The molecule has 2 aliphatic heterocycles. The molecule has 1 aliphatic carbocycles. The standard InChI is InChI=1S/C22H23NO3S/c24-21-17-8-9-20-18(12-23(14-26-20)11-16-7-4-10-27-16)22(17)25-13-19(21)15-5-2-1-3-6-15/h1-7,10,13,17-18,20,22H,8-9,11-12,14H2. The molecule has 3 aliphatic rings. The van der Waals surface area contributed by atoms with Gasteiger partial charge in [0.15, 0.2) is 5.78 Å². The lowest BCUT2D eigenvalue weighted by Gasteiger charge is -2.48. The molecular formula is C22H23NO3S. The van der Waals surface area contributed by atoms with Crippen LogP contribution in [0.5, 0.6) is 0 Å². The summed E-state index contributed by atoms with van der Waals surface area (Å²) >= 11 is 1.77. The predicted molar refractivity (Wildman–Crippen MR) is 105 cm³/mol. The summed E-state index contributed by atoms with van der Waals surface area (Å²) in [5, 5.41) is 2.11. The van der Waals surface area contributed by atoms with Crippen molar-refractivity contribution < 1.29 is 14.3 Å². The minimum atomic E-state index is -0.0742. The molecule has 27 heavy (non-hydrogen) atoms. The van der Waals surface area contributed by atoms with E-state index in [9.17, 15) is 4.79 Å². The number of nitrogens with zero attached hydrogens (tertiary/aromatic N) is 1. The van der Waals surface area contributed by atoms with E-state index in [1.807, 2.05) is 30.3 Å². The smallest absolute Gasteiger partial charge is 0.173 e. The number of ether oxygens (including phenoxy) is 2. The van der Waals surface area contributed by atoms with Crippen molar-refractivity contribution in [3.63, 3.8) is 0 Å². The van der Waals surface area contributed by atoms with E-state index in [0.717, 1.165) is 31.5 Å². The van der Waals surface area contributed by atoms with Crippen LogP contribution in [0.2, 0.25) is 0 Å². The molecule has 0 amide bonds. The number of benzene rings is 1. The van der Waals surface area contributed by atoms with E-state index < -0.39 is 0 Å². The number of carbonyl (C=O) groups excluding carboxylic acids is 1. The van der Waals surface area contributed by atoms with Crippen LogP contribution in [-0.4, -0.2) is 36.2 Å². The van der Waals surface area contributed by atoms with E-state index in [0.29, 0.717) is 12.3 Å². The predicted octanol–water partition coefficient (Wildman–Crippen LogP) is 3.94. The summed E-state index contributed by atoms with van der Waals surface area (Å²) in [5.41, 5.74) is 1.66. The number of thiophene rings is 1. The zero-order valence-electron chi connectivity index (χ0n) is 15.1. The number of fused-ring (bicyclic) bond motifs is 3. The Hall–Kier alpha value is -1.95. The van der Waals surface area contributed by atoms with Crippen molar-refractivity contribution in [3.05, 3.63) is 64.5 Å². The fourth-order valence-electron chi connectivity index (χ4n) is 4.65. The molecule has 1 saturated carbocycles. The van der Waals surface area contributed by atoms with Crippen molar-refractivity contribution >= 4 is 22.7 Å². The summed E-state index contributed by atoms with van der Waals surface area (Å²) < 4.78 is 12.3. The zero-order valence-corrected chi connectivity index (χ0v) is 15.9. The number of allylic oxidation sites excluding steroid dienone is 1. The maximum absolute atomic E-state index is 13.2. The van der Waals surface area contributed by atoms with Gasteiger partial charge in [0.2, 0.25) is 0 Å². The monoisotopic (exact) mass is 381 g/mol. The zero-order chi connectivity index (χ0) is 18.2. The van der Waals surface area contributed by atoms with Gasteiger partial charge in [0.05, 0.1) is 30.6 Å². The van der Waals surface area contributed by atoms with Crippen LogP contribution in [0.3, 0.4) is 0 Å². The van der Waals surface area contributed by atoms with Gasteiger partial charge < -0.3 is 9.47 Å². The number of hydrogen-bond donors (Lipinski definition) is 0. The summed E-state index contributed by atoms with van der Waals surface area (Å²) in [5.74, 6) is 0.415.